The quantitative estimate of drug-likeness (QED) is 0.0801. The van der Waals surface area contributed by atoms with Gasteiger partial charge in [0.2, 0.25) is 11.8 Å². The van der Waals surface area contributed by atoms with E-state index in [-0.39, 0.29) is 30.8 Å². The summed E-state index contributed by atoms with van der Waals surface area (Å²) >= 11 is 0. The molecule has 0 rings (SSSR count). The average Bonchev–Trinajstić information content (AvgIpc) is 3.27. The Labute approximate surface area is 365 Å². The summed E-state index contributed by atoms with van der Waals surface area (Å²) < 4.78 is 86.9. The van der Waals surface area contributed by atoms with E-state index in [1.165, 1.54) is 0 Å². The summed E-state index contributed by atoms with van der Waals surface area (Å²) in [5.41, 5.74) is 0. The molecule has 2 amide bonds. The monoisotopic (exact) mass is 891 g/mol. The second-order valence-electron chi connectivity index (χ2n) is 13.0. The summed E-state index contributed by atoms with van der Waals surface area (Å²) in [6, 6.07) is -0.543. The van der Waals surface area contributed by atoms with Crippen molar-refractivity contribution < 1.29 is 85.4 Å². The first kappa shape index (κ1) is 59.3. The van der Waals surface area contributed by atoms with Crippen LogP contribution in [0.2, 0.25) is 0 Å². The van der Waals surface area contributed by atoms with Crippen LogP contribution >= 0.6 is 0 Å². The number of carbonyl (C=O) groups is 2. The van der Waals surface area contributed by atoms with Crippen molar-refractivity contribution in [3.8, 4) is 0 Å². The minimum Gasteiger partial charge on any atom is -0.382 e. The van der Waals surface area contributed by atoms with Crippen LogP contribution in [0.25, 0.3) is 0 Å². The molecule has 0 fully saturated rings. The van der Waals surface area contributed by atoms with Crippen LogP contribution < -0.4 is 10.6 Å². The number of hydrogen-bond acceptors (Lipinski definition) is 18. The normalized spacial score (nSPS) is 12.5. The Hall–Kier alpha value is -1.70. The third-order valence-corrected chi connectivity index (χ3v) is 8.17. The van der Waals surface area contributed by atoms with Gasteiger partial charge in [-0.3, -0.25) is 9.59 Å². The maximum absolute atomic E-state index is 12.1. The molecule has 0 saturated carbocycles. The van der Waals surface area contributed by atoms with Crippen LogP contribution in [0.15, 0.2) is 0 Å². The first-order valence-corrected chi connectivity index (χ1v) is 21.7. The zero-order valence-electron chi connectivity index (χ0n) is 37.8. The molecule has 0 aliphatic rings. The summed E-state index contributed by atoms with van der Waals surface area (Å²) in [5, 5.41) is 5.37. The topological polar surface area (TPSA) is 206 Å². The molecular formula is C41H82N2O18. The molecule has 0 aromatic carbocycles. The van der Waals surface area contributed by atoms with Gasteiger partial charge >= 0.3 is 0 Å². The Kier molecular flexibility index (Phi) is 49.5. The van der Waals surface area contributed by atoms with E-state index >= 15 is 0 Å². The maximum atomic E-state index is 12.1. The third kappa shape index (κ3) is 46.1. The van der Waals surface area contributed by atoms with Crippen LogP contribution in [0.1, 0.15) is 26.7 Å². The molecule has 0 aliphatic heterocycles. The Morgan fingerprint density at radius 1 is 0.377 bits per heavy atom. The number of amides is 2. The summed E-state index contributed by atoms with van der Waals surface area (Å²) in [6.45, 7) is 18.9. The molecule has 0 aromatic rings. The van der Waals surface area contributed by atoms with Gasteiger partial charge in [-0.25, -0.2) is 0 Å². The molecule has 364 valence electrons. The van der Waals surface area contributed by atoms with E-state index in [0.29, 0.717) is 198 Å². The van der Waals surface area contributed by atoms with Gasteiger partial charge in [0.15, 0.2) is 0 Å². The van der Waals surface area contributed by atoms with Crippen LogP contribution in [0.5, 0.6) is 0 Å². The zero-order chi connectivity index (χ0) is 44.4. The highest BCUT2D eigenvalue weighted by atomic mass is 16.6. The van der Waals surface area contributed by atoms with Crippen molar-refractivity contribution in [1.29, 1.82) is 0 Å². The minimum absolute atomic E-state index is 0.0431. The number of nitrogens with one attached hydrogen (secondary N) is 2. The standard InChI is InChI=1S/C41H82N2O18/c1-5-38(2)40(41(45)42-3)43-39(44)6-7-47-10-11-49-14-15-51-18-19-53-22-23-55-26-27-57-30-31-59-34-35-61-37-36-60-33-32-58-29-28-56-25-24-54-21-20-52-17-16-50-13-12-48-9-8-46-4/h38,40H,5-37H2,1-4H3,(H,42,45)(H,43,44)/t38-,40-/m0/s1. The van der Waals surface area contributed by atoms with Crippen molar-refractivity contribution in [2.45, 2.75) is 32.7 Å². The van der Waals surface area contributed by atoms with Gasteiger partial charge in [0.25, 0.3) is 0 Å². The number of rotatable bonds is 52. The van der Waals surface area contributed by atoms with E-state index in [4.69, 9.17) is 75.8 Å². The predicted molar refractivity (Wildman–Crippen MR) is 224 cm³/mol. The van der Waals surface area contributed by atoms with E-state index in [1.807, 2.05) is 13.8 Å². The van der Waals surface area contributed by atoms with E-state index in [2.05, 4.69) is 10.6 Å². The number of ether oxygens (including phenoxy) is 16. The Morgan fingerprint density at radius 3 is 0.787 bits per heavy atom. The van der Waals surface area contributed by atoms with Gasteiger partial charge in [-0.1, -0.05) is 20.3 Å². The van der Waals surface area contributed by atoms with E-state index in [1.54, 1.807) is 14.2 Å². The minimum atomic E-state index is -0.543. The fourth-order valence-electron chi connectivity index (χ4n) is 4.59. The summed E-state index contributed by atoms with van der Waals surface area (Å²) in [7, 11) is 3.20. The van der Waals surface area contributed by atoms with Gasteiger partial charge in [-0.2, -0.15) is 0 Å². The molecule has 0 heterocycles. The first-order valence-electron chi connectivity index (χ1n) is 21.7. The first-order chi connectivity index (χ1) is 30.1. The predicted octanol–water partition coefficient (Wildman–Crippen LogP) is 0.549. The van der Waals surface area contributed by atoms with Gasteiger partial charge in [-0.15, -0.1) is 0 Å². The molecule has 20 nitrogen and oxygen atoms in total. The lowest BCUT2D eigenvalue weighted by Crippen LogP contribution is -2.49. The highest BCUT2D eigenvalue weighted by Gasteiger charge is 2.24. The fraction of sp³-hybridized carbons (Fsp3) is 0.951. The summed E-state index contributed by atoms with van der Waals surface area (Å²) in [5.74, 6) is -0.366. The van der Waals surface area contributed by atoms with Crippen molar-refractivity contribution in [1.82, 2.24) is 10.6 Å². The van der Waals surface area contributed by atoms with Crippen LogP contribution in [-0.2, 0) is 85.4 Å². The maximum Gasteiger partial charge on any atom is 0.242 e. The average molecular weight is 891 g/mol. The molecule has 2 atom stereocenters. The second-order valence-corrected chi connectivity index (χ2v) is 13.0. The number of hydrogen-bond donors (Lipinski definition) is 2. The zero-order valence-corrected chi connectivity index (χ0v) is 37.8. The van der Waals surface area contributed by atoms with Crippen LogP contribution in [0.4, 0.5) is 0 Å². The van der Waals surface area contributed by atoms with Gasteiger partial charge in [0.05, 0.1) is 205 Å². The molecule has 0 radical (unpaired) electrons. The molecule has 61 heavy (non-hydrogen) atoms. The summed E-state index contributed by atoms with van der Waals surface area (Å²) in [4.78, 5) is 24.1. The molecule has 0 aliphatic carbocycles. The Bertz CT molecular complexity index is 900. The van der Waals surface area contributed by atoms with Gasteiger partial charge < -0.3 is 86.4 Å². The number of methoxy groups -OCH3 is 1. The molecule has 0 bridgehead atoms. The lowest BCUT2D eigenvalue weighted by molar-refractivity contribution is -0.130. The van der Waals surface area contributed by atoms with Crippen molar-refractivity contribution in [3.63, 3.8) is 0 Å². The van der Waals surface area contributed by atoms with Crippen LogP contribution in [-0.4, -0.2) is 237 Å². The smallest absolute Gasteiger partial charge is 0.242 e. The van der Waals surface area contributed by atoms with Gasteiger partial charge in [0.1, 0.15) is 6.04 Å². The molecule has 0 unspecified atom stereocenters. The molecular weight excluding hydrogens is 808 g/mol. The largest absolute Gasteiger partial charge is 0.382 e. The molecule has 2 N–H and O–H groups in total. The van der Waals surface area contributed by atoms with Crippen molar-refractivity contribution in [2.75, 3.05) is 219 Å². The fourth-order valence-corrected chi connectivity index (χ4v) is 4.59. The van der Waals surface area contributed by atoms with Gasteiger partial charge in [-0.05, 0) is 5.92 Å². The van der Waals surface area contributed by atoms with E-state index in [0.717, 1.165) is 6.42 Å². The van der Waals surface area contributed by atoms with Crippen molar-refractivity contribution in [2.24, 2.45) is 5.92 Å². The lowest BCUT2D eigenvalue weighted by Gasteiger charge is -2.22. The van der Waals surface area contributed by atoms with Crippen molar-refractivity contribution in [3.05, 3.63) is 0 Å². The number of carbonyl (C=O) groups excluding carboxylic acids is 2. The Morgan fingerprint density at radius 2 is 0.590 bits per heavy atom. The molecule has 0 spiro atoms. The van der Waals surface area contributed by atoms with E-state index < -0.39 is 6.04 Å². The highest BCUT2D eigenvalue weighted by Crippen LogP contribution is 2.08. The Balaban J connectivity index is 3.18. The highest BCUT2D eigenvalue weighted by molar-refractivity contribution is 5.87. The summed E-state index contributed by atoms with van der Waals surface area (Å²) in [6.07, 6.45) is 0.964. The van der Waals surface area contributed by atoms with Crippen LogP contribution in [0, 0.1) is 5.92 Å². The lowest BCUT2D eigenvalue weighted by atomic mass is 9.98. The second kappa shape index (κ2) is 50.9. The van der Waals surface area contributed by atoms with E-state index in [9.17, 15) is 9.59 Å². The molecule has 0 aromatic heterocycles. The third-order valence-electron chi connectivity index (χ3n) is 8.17. The number of likely N-dealkylation sites (N-methyl/N-ethyl adjacent to an activating group) is 1. The van der Waals surface area contributed by atoms with Crippen LogP contribution in [0.3, 0.4) is 0 Å². The SMILES string of the molecule is CC[C@H](C)[C@H](NC(=O)CCOCCOCCOCCOCCOCCOCCOCCOCCOCCOCCOCCOCCOCCOCCOCCOC)C(=O)NC. The van der Waals surface area contributed by atoms with Crippen molar-refractivity contribution >= 4 is 11.8 Å². The molecule has 20 heteroatoms. The molecule has 0 saturated heterocycles. The van der Waals surface area contributed by atoms with Gasteiger partial charge in [0, 0.05) is 20.6 Å².